The normalized spacial score (nSPS) is 11.8. The van der Waals surface area contributed by atoms with Gasteiger partial charge in [-0.25, -0.2) is 9.63 Å². The summed E-state index contributed by atoms with van der Waals surface area (Å²) in [4.78, 5) is 15.6. The summed E-state index contributed by atoms with van der Waals surface area (Å²) in [6, 6.07) is 9.11. The largest absolute Gasteiger partial charge is 0.493 e. The summed E-state index contributed by atoms with van der Waals surface area (Å²) >= 11 is 0. The first kappa shape index (κ1) is 18.5. The number of nitrogens with one attached hydrogen (secondary N) is 2. The van der Waals surface area contributed by atoms with Crippen LogP contribution in [-0.4, -0.2) is 33.3 Å². The Labute approximate surface area is 154 Å². The zero-order chi connectivity index (χ0) is 19.4. The van der Waals surface area contributed by atoms with Gasteiger partial charge in [0.05, 0.1) is 30.3 Å². The van der Waals surface area contributed by atoms with Crippen molar-refractivity contribution in [3.05, 3.63) is 52.5 Å². The average Bonchev–Trinajstić information content (AvgIpc) is 3.01. The number of sulfonamides is 1. The molecule has 0 saturated carbocycles. The number of nitrogens with zero attached hydrogens (tertiary/aromatic N) is 1. The van der Waals surface area contributed by atoms with E-state index in [2.05, 4.69) is 14.9 Å². The smallest absolute Gasteiger partial charge is 0.417 e. The maximum atomic E-state index is 12.3. The highest BCUT2D eigenvalue weighted by atomic mass is 32.2. The standard InChI is InChI=1S/C17H17N3O6S/c1-3-25-16-8-11(4-7-14(16)24-2)10-18-20-27(22,23)12-5-6-13-15(9-12)26-17(21)19-13/h4-10,20H,3H2,1-2H3,(H,19,21)/b18-10+. The molecule has 0 aliphatic rings. The number of ether oxygens (including phenoxy) is 2. The van der Waals surface area contributed by atoms with E-state index in [9.17, 15) is 13.2 Å². The van der Waals surface area contributed by atoms with Crippen molar-refractivity contribution in [2.45, 2.75) is 11.8 Å². The summed E-state index contributed by atoms with van der Waals surface area (Å²) in [7, 11) is -2.39. The zero-order valence-corrected chi connectivity index (χ0v) is 15.4. The predicted octanol–water partition coefficient (Wildman–Crippen LogP) is 1.84. The van der Waals surface area contributed by atoms with E-state index in [1.165, 1.54) is 31.5 Å². The van der Waals surface area contributed by atoms with E-state index in [-0.39, 0.29) is 10.5 Å². The second-order valence-corrected chi connectivity index (χ2v) is 7.03. The summed E-state index contributed by atoms with van der Waals surface area (Å²) in [5.74, 6) is 0.436. The third-order valence-corrected chi connectivity index (χ3v) is 4.80. The Morgan fingerprint density at radius 2 is 2.04 bits per heavy atom. The van der Waals surface area contributed by atoms with Crippen LogP contribution in [0, 0.1) is 0 Å². The minimum Gasteiger partial charge on any atom is -0.493 e. The number of aromatic nitrogens is 1. The Hall–Kier alpha value is -3.27. The van der Waals surface area contributed by atoms with Gasteiger partial charge in [-0.1, -0.05) is 0 Å². The van der Waals surface area contributed by atoms with Gasteiger partial charge in [-0.05, 0) is 42.8 Å². The number of fused-ring (bicyclic) bond motifs is 1. The summed E-state index contributed by atoms with van der Waals surface area (Å²) in [6.07, 6.45) is 1.34. The molecule has 0 aliphatic carbocycles. The number of hydrazone groups is 1. The number of rotatable bonds is 7. The number of oxazole rings is 1. The maximum absolute atomic E-state index is 12.3. The molecule has 0 atom stereocenters. The highest BCUT2D eigenvalue weighted by molar-refractivity contribution is 7.89. The van der Waals surface area contributed by atoms with E-state index >= 15 is 0 Å². The molecular formula is C17H17N3O6S. The topological polar surface area (TPSA) is 123 Å². The molecule has 3 aromatic rings. The van der Waals surface area contributed by atoms with Crippen molar-refractivity contribution in [3.8, 4) is 11.5 Å². The van der Waals surface area contributed by atoms with Gasteiger partial charge < -0.3 is 13.9 Å². The van der Waals surface area contributed by atoms with Crippen LogP contribution >= 0.6 is 0 Å². The molecule has 142 valence electrons. The Morgan fingerprint density at radius 1 is 1.22 bits per heavy atom. The highest BCUT2D eigenvalue weighted by Crippen LogP contribution is 2.27. The fourth-order valence-corrected chi connectivity index (χ4v) is 3.16. The fraction of sp³-hybridized carbons (Fsp3) is 0.176. The first-order valence-electron chi connectivity index (χ1n) is 7.91. The molecule has 0 bridgehead atoms. The summed E-state index contributed by atoms with van der Waals surface area (Å²) in [5, 5.41) is 3.77. The monoisotopic (exact) mass is 391 g/mol. The zero-order valence-electron chi connectivity index (χ0n) is 14.6. The van der Waals surface area contributed by atoms with Crippen LogP contribution in [0.15, 0.2) is 55.6 Å². The molecule has 0 spiro atoms. The Morgan fingerprint density at radius 3 is 2.78 bits per heavy atom. The molecule has 27 heavy (non-hydrogen) atoms. The molecule has 2 aromatic carbocycles. The van der Waals surface area contributed by atoms with Crippen molar-refractivity contribution >= 4 is 27.3 Å². The average molecular weight is 391 g/mol. The quantitative estimate of drug-likeness (QED) is 0.468. The van der Waals surface area contributed by atoms with Crippen molar-refractivity contribution in [2.24, 2.45) is 5.10 Å². The first-order valence-corrected chi connectivity index (χ1v) is 9.40. The molecule has 0 aliphatic heterocycles. The number of H-pyrrole nitrogens is 1. The Balaban J connectivity index is 1.79. The van der Waals surface area contributed by atoms with Crippen LogP contribution in [0.1, 0.15) is 12.5 Å². The third kappa shape index (κ3) is 4.11. The van der Waals surface area contributed by atoms with Crippen LogP contribution in [0.25, 0.3) is 11.1 Å². The molecule has 9 nitrogen and oxygen atoms in total. The van der Waals surface area contributed by atoms with Crippen LogP contribution < -0.4 is 20.1 Å². The first-order chi connectivity index (χ1) is 12.9. The summed E-state index contributed by atoms with van der Waals surface area (Å²) in [6.45, 7) is 2.30. The molecule has 0 saturated heterocycles. The van der Waals surface area contributed by atoms with E-state index in [4.69, 9.17) is 13.9 Å². The molecular weight excluding hydrogens is 374 g/mol. The van der Waals surface area contributed by atoms with E-state index in [0.29, 0.717) is 29.2 Å². The van der Waals surface area contributed by atoms with Gasteiger partial charge in [0.15, 0.2) is 17.1 Å². The lowest BCUT2D eigenvalue weighted by atomic mass is 10.2. The van der Waals surface area contributed by atoms with Gasteiger partial charge in [0.1, 0.15) is 0 Å². The summed E-state index contributed by atoms with van der Waals surface area (Å²) < 4.78 is 40.2. The van der Waals surface area contributed by atoms with Crippen molar-refractivity contribution < 1.29 is 22.3 Å². The number of hydrogen-bond acceptors (Lipinski definition) is 7. The number of aromatic amines is 1. The molecule has 0 fully saturated rings. The lowest BCUT2D eigenvalue weighted by Crippen LogP contribution is -2.18. The number of hydrogen-bond donors (Lipinski definition) is 2. The van der Waals surface area contributed by atoms with Gasteiger partial charge >= 0.3 is 5.76 Å². The molecule has 0 amide bonds. The van der Waals surface area contributed by atoms with Gasteiger partial charge in [-0.15, -0.1) is 0 Å². The second kappa shape index (κ2) is 7.54. The third-order valence-electron chi connectivity index (χ3n) is 3.58. The lowest BCUT2D eigenvalue weighted by molar-refractivity contribution is 0.311. The van der Waals surface area contributed by atoms with Crippen LogP contribution in [-0.2, 0) is 10.0 Å². The van der Waals surface area contributed by atoms with Crippen molar-refractivity contribution in [3.63, 3.8) is 0 Å². The van der Waals surface area contributed by atoms with E-state index in [1.807, 2.05) is 6.92 Å². The summed E-state index contributed by atoms with van der Waals surface area (Å²) in [5.41, 5.74) is 1.17. The highest BCUT2D eigenvalue weighted by Gasteiger charge is 2.15. The van der Waals surface area contributed by atoms with Gasteiger partial charge in [0.2, 0.25) is 0 Å². The number of methoxy groups -OCH3 is 1. The van der Waals surface area contributed by atoms with Crippen LogP contribution in [0.5, 0.6) is 11.5 Å². The van der Waals surface area contributed by atoms with E-state index < -0.39 is 15.8 Å². The van der Waals surface area contributed by atoms with E-state index in [0.717, 1.165) is 0 Å². The molecule has 3 rings (SSSR count). The SMILES string of the molecule is CCOc1cc(/C=N/NS(=O)(=O)c2ccc3[nH]c(=O)oc3c2)ccc1OC. The van der Waals surface area contributed by atoms with Crippen molar-refractivity contribution in [1.82, 2.24) is 9.82 Å². The fourth-order valence-electron chi connectivity index (χ4n) is 2.36. The molecule has 0 unspecified atom stereocenters. The van der Waals surface area contributed by atoms with Gasteiger partial charge in [-0.2, -0.15) is 13.5 Å². The van der Waals surface area contributed by atoms with Gasteiger partial charge in [-0.3, -0.25) is 4.98 Å². The van der Waals surface area contributed by atoms with Crippen molar-refractivity contribution in [2.75, 3.05) is 13.7 Å². The second-order valence-electron chi connectivity index (χ2n) is 5.37. The Kier molecular flexibility index (Phi) is 5.17. The Bertz CT molecular complexity index is 1150. The van der Waals surface area contributed by atoms with Gasteiger partial charge in [0, 0.05) is 6.07 Å². The van der Waals surface area contributed by atoms with Crippen LogP contribution in [0.2, 0.25) is 0 Å². The minimum atomic E-state index is -3.93. The minimum absolute atomic E-state index is 0.0837. The molecule has 10 heteroatoms. The maximum Gasteiger partial charge on any atom is 0.417 e. The van der Waals surface area contributed by atoms with Crippen LogP contribution in [0.3, 0.4) is 0 Å². The predicted molar refractivity (Wildman–Crippen MR) is 98.9 cm³/mol. The van der Waals surface area contributed by atoms with Gasteiger partial charge in [0.25, 0.3) is 10.0 Å². The van der Waals surface area contributed by atoms with Crippen molar-refractivity contribution in [1.29, 1.82) is 0 Å². The molecule has 2 N–H and O–H groups in total. The molecule has 1 heterocycles. The van der Waals surface area contributed by atoms with Crippen LogP contribution in [0.4, 0.5) is 0 Å². The lowest BCUT2D eigenvalue weighted by Gasteiger charge is -2.09. The van der Waals surface area contributed by atoms with E-state index in [1.54, 1.807) is 18.2 Å². The number of benzene rings is 2. The molecule has 1 aromatic heterocycles. The molecule has 0 radical (unpaired) electrons.